The molecule has 0 fully saturated rings. The van der Waals surface area contributed by atoms with E-state index in [-0.39, 0.29) is 5.91 Å². The number of hydrogen-bond donors (Lipinski definition) is 2. The number of H-pyrrole nitrogens is 1. The zero-order valence-electron chi connectivity index (χ0n) is 16.8. The lowest BCUT2D eigenvalue weighted by molar-refractivity contribution is 0.0954. The first-order chi connectivity index (χ1) is 15.2. The van der Waals surface area contributed by atoms with Gasteiger partial charge in [0.2, 0.25) is 0 Å². The van der Waals surface area contributed by atoms with Crippen LogP contribution in [0, 0.1) is 0 Å². The molecule has 0 spiro atoms. The average molecular weight is 428 g/mol. The molecular weight excluding hydrogens is 406 g/mol. The minimum Gasteiger partial charge on any atom is -0.352 e. The van der Waals surface area contributed by atoms with Crippen molar-refractivity contribution in [2.45, 2.75) is 17.1 Å². The van der Waals surface area contributed by atoms with Gasteiger partial charge in [-0.1, -0.05) is 18.2 Å². The van der Waals surface area contributed by atoms with Crippen LogP contribution in [0.1, 0.15) is 21.9 Å². The Balaban J connectivity index is 1.13. The summed E-state index contributed by atoms with van der Waals surface area (Å²) in [6, 6.07) is 21.6. The molecule has 0 aliphatic heterocycles. The van der Waals surface area contributed by atoms with E-state index >= 15 is 0 Å². The second-order valence-electron chi connectivity index (χ2n) is 7.22. The molecule has 7 heteroatoms. The number of benzene rings is 2. The maximum atomic E-state index is 12.4. The van der Waals surface area contributed by atoms with E-state index in [1.807, 2.05) is 83.5 Å². The van der Waals surface area contributed by atoms with E-state index in [0.717, 1.165) is 38.8 Å². The maximum Gasteiger partial charge on any atom is 0.251 e. The third-order valence-electron chi connectivity index (χ3n) is 5.00. The van der Waals surface area contributed by atoms with Crippen LogP contribution in [0.3, 0.4) is 0 Å². The van der Waals surface area contributed by atoms with Gasteiger partial charge in [0.05, 0.1) is 16.7 Å². The molecule has 31 heavy (non-hydrogen) atoms. The molecule has 0 unspecified atom stereocenters. The highest BCUT2D eigenvalue weighted by atomic mass is 32.2. The fourth-order valence-corrected chi connectivity index (χ4v) is 4.22. The molecule has 3 aromatic heterocycles. The molecular formula is C24H21N5OS. The van der Waals surface area contributed by atoms with Gasteiger partial charge in [-0.3, -0.25) is 4.79 Å². The molecule has 0 aliphatic carbocycles. The van der Waals surface area contributed by atoms with Crippen molar-refractivity contribution in [2.75, 3.05) is 6.54 Å². The van der Waals surface area contributed by atoms with Crippen LogP contribution in [0.25, 0.3) is 16.7 Å². The van der Waals surface area contributed by atoms with E-state index < -0.39 is 0 Å². The third kappa shape index (κ3) is 4.46. The molecule has 154 valence electrons. The maximum absolute atomic E-state index is 12.4. The van der Waals surface area contributed by atoms with Crippen molar-refractivity contribution >= 4 is 34.3 Å². The van der Waals surface area contributed by atoms with Gasteiger partial charge in [0.15, 0.2) is 0 Å². The predicted octanol–water partition coefficient (Wildman–Crippen LogP) is 4.48. The Morgan fingerprint density at radius 3 is 2.68 bits per heavy atom. The second kappa shape index (κ2) is 8.65. The number of carbonyl (C=O) groups excluding carboxylic acids is 1. The zero-order chi connectivity index (χ0) is 21.0. The number of aromatic amines is 1. The summed E-state index contributed by atoms with van der Waals surface area (Å²) in [5, 5.41) is 2.97. The van der Waals surface area contributed by atoms with Gasteiger partial charge in [0.25, 0.3) is 5.91 Å². The van der Waals surface area contributed by atoms with Crippen LogP contribution in [-0.2, 0) is 12.2 Å². The molecule has 1 amide bonds. The van der Waals surface area contributed by atoms with Crippen molar-refractivity contribution in [1.29, 1.82) is 0 Å². The normalized spacial score (nSPS) is 11.2. The van der Waals surface area contributed by atoms with Crippen molar-refractivity contribution in [2.24, 2.45) is 0 Å². The highest BCUT2D eigenvalue weighted by Gasteiger charge is 2.08. The summed E-state index contributed by atoms with van der Waals surface area (Å²) in [6.07, 6.45) is 4.71. The fraction of sp³-hybridized carbons (Fsp3) is 0.125. The number of fused-ring (bicyclic) bond motifs is 2. The molecule has 0 saturated heterocycles. The second-order valence-corrected chi connectivity index (χ2v) is 8.27. The fourth-order valence-electron chi connectivity index (χ4n) is 3.44. The first kappa shape index (κ1) is 19.4. The molecule has 0 saturated carbocycles. The topological polar surface area (TPSA) is 75.1 Å². The van der Waals surface area contributed by atoms with Gasteiger partial charge in [-0.2, -0.15) is 0 Å². The number of hydrogen-bond acceptors (Lipinski definition) is 4. The van der Waals surface area contributed by atoms with Crippen LogP contribution in [0.15, 0.2) is 84.0 Å². The van der Waals surface area contributed by atoms with Gasteiger partial charge in [0, 0.05) is 41.6 Å². The van der Waals surface area contributed by atoms with Crippen LogP contribution in [0.4, 0.5) is 0 Å². The molecule has 2 aromatic carbocycles. The Morgan fingerprint density at radius 1 is 1.00 bits per heavy atom. The van der Waals surface area contributed by atoms with Crippen molar-refractivity contribution in [3.63, 3.8) is 0 Å². The van der Waals surface area contributed by atoms with Gasteiger partial charge in [-0.05, 0) is 48.5 Å². The molecule has 2 N–H and O–H groups in total. The van der Waals surface area contributed by atoms with E-state index in [1.54, 1.807) is 11.8 Å². The lowest BCUT2D eigenvalue weighted by Gasteiger charge is -2.05. The number of thioether (sulfide) groups is 1. The van der Waals surface area contributed by atoms with Crippen LogP contribution in [-0.4, -0.2) is 31.8 Å². The van der Waals surface area contributed by atoms with E-state index in [4.69, 9.17) is 0 Å². The molecule has 0 radical (unpaired) electrons. The minimum atomic E-state index is -0.0759. The molecule has 5 rings (SSSR count). The summed E-state index contributed by atoms with van der Waals surface area (Å²) in [4.78, 5) is 26.0. The summed E-state index contributed by atoms with van der Waals surface area (Å²) in [7, 11) is 0. The standard InChI is InChI=1S/C24H21N5OS/c30-24(25-13-12-22-27-20-5-1-2-6-21(20)28-22)17-8-10-19(11-9-17)31-16-18-15-29-14-4-3-7-23(29)26-18/h1-11,14-15H,12-13,16H2,(H,25,30)(H,27,28). The lowest BCUT2D eigenvalue weighted by atomic mass is 10.2. The highest BCUT2D eigenvalue weighted by Crippen LogP contribution is 2.23. The van der Waals surface area contributed by atoms with E-state index in [0.29, 0.717) is 18.5 Å². The van der Waals surface area contributed by atoms with Crippen LogP contribution in [0.2, 0.25) is 0 Å². The molecule has 6 nitrogen and oxygen atoms in total. The number of pyridine rings is 1. The van der Waals surface area contributed by atoms with Gasteiger partial charge < -0.3 is 14.7 Å². The smallest absolute Gasteiger partial charge is 0.251 e. The molecule has 5 aromatic rings. The van der Waals surface area contributed by atoms with Gasteiger partial charge in [-0.15, -0.1) is 11.8 Å². The Labute approximate surface area is 183 Å². The van der Waals surface area contributed by atoms with E-state index in [9.17, 15) is 4.79 Å². The van der Waals surface area contributed by atoms with E-state index in [2.05, 4.69) is 20.3 Å². The van der Waals surface area contributed by atoms with Crippen molar-refractivity contribution in [3.8, 4) is 0 Å². The summed E-state index contributed by atoms with van der Waals surface area (Å²) in [5.41, 5.74) is 4.60. The Kier molecular flexibility index (Phi) is 5.41. The molecule has 3 heterocycles. The number of para-hydroxylation sites is 2. The highest BCUT2D eigenvalue weighted by molar-refractivity contribution is 7.98. The number of amides is 1. The van der Waals surface area contributed by atoms with Crippen LogP contribution < -0.4 is 5.32 Å². The minimum absolute atomic E-state index is 0.0759. The Morgan fingerprint density at radius 2 is 1.84 bits per heavy atom. The van der Waals surface area contributed by atoms with Gasteiger partial charge in [0.1, 0.15) is 11.5 Å². The monoisotopic (exact) mass is 427 g/mol. The average Bonchev–Trinajstić information content (AvgIpc) is 3.41. The van der Waals surface area contributed by atoms with Crippen molar-refractivity contribution < 1.29 is 4.79 Å². The lowest BCUT2D eigenvalue weighted by Crippen LogP contribution is -2.25. The van der Waals surface area contributed by atoms with Crippen molar-refractivity contribution in [1.82, 2.24) is 24.7 Å². The summed E-state index contributed by atoms with van der Waals surface area (Å²) in [6.45, 7) is 0.531. The number of carbonyl (C=O) groups is 1. The number of aromatic nitrogens is 4. The number of nitrogens with zero attached hydrogens (tertiary/aromatic N) is 3. The van der Waals surface area contributed by atoms with Crippen LogP contribution in [0.5, 0.6) is 0 Å². The summed E-state index contributed by atoms with van der Waals surface area (Å²) in [5.74, 6) is 1.58. The van der Waals surface area contributed by atoms with Gasteiger partial charge >= 0.3 is 0 Å². The van der Waals surface area contributed by atoms with E-state index in [1.165, 1.54) is 0 Å². The molecule has 0 aliphatic rings. The molecule has 0 atom stereocenters. The van der Waals surface area contributed by atoms with Crippen LogP contribution >= 0.6 is 11.8 Å². The third-order valence-corrected chi connectivity index (χ3v) is 6.05. The Bertz CT molecular complexity index is 1270. The largest absolute Gasteiger partial charge is 0.352 e. The predicted molar refractivity (Wildman–Crippen MR) is 123 cm³/mol. The number of rotatable bonds is 7. The summed E-state index contributed by atoms with van der Waals surface area (Å²) < 4.78 is 2.02. The number of imidazole rings is 2. The number of nitrogens with one attached hydrogen (secondary N) is 2. The van der Waals surface area contributed by atoms with Crippen molar-refractivity contribution in [3.05, 3.63) is 96.2 Å². The first-order valence-corrected chi connectivity index (χ1v) is 11.1. The first-order valence-electron chi connectivity index (χ1n) is 10.1. The summed E-state index contributed by atoms with van der Waals surface area (Å²) >= 11 is 1.71. The molecule has 0 bridgehead atoms. The van der Waals surface area contributed by atoms with Gasteiger partial charge in [-0.25, -0.2) is 9.97 Å². The Hall–Kier alpha value is -3.58. The quantitative estimate of drug-likeness (QED) is 0.376. The zero-order valence-corrected chi connectivity index (χ0v) is 17.6. The SMILES string of the molecule is O=C(NCCc1nc2ccccc2[nH]1)c1ccc(SCc2cn3ccccc3n2)cc1.